The van der Waals surface area contributed by atoms with Crippen LogP contribution < -0.4 is 10.6 Å². The van der Waals surface area contributed by atoms with Crippen molar-refractivity contribution in [2.75, 3.05) is 18.4 Å². The molecular formula is C10H10N6S. The molecule has 3 rings (SSSR count). The Labute approximate surface area is 102 Å². The average Bonchev–Trinajstić information content (AvgIpc) is 3.02. The van der Waals surface area contributed by atoms with Gasteiger partial charge in [0.2, 0.25) is 5.13 Å². The van der Waals surface area contributed by atoms with E-state index >= 15 is 0 Å². The van der Waals surface area contributed by atoms with Crippen molar-refractivity contribution in [1.29, 1.82) is 0 Å². The molecule has 0 radical (unpaired) electrons. The van der Waals surface area contributed by atoms with Crippen LogP contribution in [-0.4, -0.2) is 34.2 Å². The van der Waals surface area contributed by atoms with Crippen LogP contribution in [0.4, 0.5) is 5.13 Å². The number of rotatable bonds is 2. The van der Waals surface area contributed by atoms with E-state index in [0.717, 1.165) is 34.8 Å². The van der Waals surface area contributed by atoms with Gasteiger partial charge in [-0.2, -0.15) is 0 Å². The van der Waals surface area contributed by atoms with Gasteiger partial charge < -0.3 is 10.6 Å². The maximum Gasteiger partial charge on any atom is 0.212 e. The van der Waals surface area contributed by atoms with Gasteiger partial charge >= 0.3 is 0 Å². The predicted octanol–water partition coefficient (Wildman–Crippen LogP) is 0.971. The number of hydrogen-bond acceptors (Lipinski definition) is 7. The third-order valence-corrected chi connectivity index (χ3v) is 3.12. The van der Waals surface area contributed by atoms with E-state index in [4.69, 9.17) is 0 Å². The highest BCUT2D eigenvalue weighted by atomic mass is 32.1. The number of nitrogens with one attached hydrogen (secondary N) is 2. The second-order valence-electron chi connectivity index (χ2n) is 3.44. The van der Waals surface area contributed by atoms with Crippen LogP contribution in [-0.2, 0) is 0 Å². The zero-order valence-electron chi connectivity index (χ0n) is 8.92. The summed E-state index contributed by atoms with van der Waals surface area (Å²) in [5.74, 6) is 0.763. The van der Waals surface area contributed by atoms with E-state index in [-0.39, 0.29) is 0 Å². The van der Waals surface area contributed by atoms with E-state index in [1.165, 1.54) is 11.3 Å². The molecule has 1 aliphatic rings. The van der Waals surface area contributed by atoms with Crippen molar-refractivity contribution in [3.05, 3.63) is 24.5 Å². The summed E-state index contributed by atoms with van der Waals surface area (Å²) in [5, 5.41) is 16.0. The minimum Gasteiger partial charge on any atom is -0.354 e. The molecule has 2 N–H and O–H groups in total. The Hall–Kier alpha value is -2.02. The molecule has 2 aromatic heterocycles. The lowest BCUT2D eigenvalue weighted by Crippen LogP contribution is -2.26. The second-order valence-corrected chi connectivity index (χ2v) is 4.41. The predicted molar refractivity (Wildman–Crippen MR) is 67.1 cm³/mol. The number of nitrogens with zero attached hydrogens (tertiary/aromatic N) is 4. The van der Waals surface area contributed by atoms with Crippen LogP contribution in [0.15, 0.2) is 29.5 Å². The lowest BCUT2D eigenvalue weighted by atomic mass is 10.3. The van der Waals surface area contributed by atoms with Crippen molar-refractivity contribution in [3.8, 4) is 10.6 Å². The number of anilines is 1. The van der Waals surface area contributed by atoms with Gasteiger partial charge in [-0.3, -0.25) is 9.98 Å². The second kappa shape index (κ2) is 4.46. The van der Waals surface area contributed by atoms with Crippen LogP contribution in [0.1, 0.15) is 0 Å². The van der Waals surface area contributed by atoms with E-state index in [9.17, 15) is 0 Å². The zero-order valence-corrected chi connectivity index (χ0v) is 9.74. The summed E-state index contributed by atoms with van der Waals surface area (Å²) < 4.78 is 0. The molecule has 0 bridgehead atoms. The van der Waals surface area contributed by atoms with Gasteiger partial charge in [-0.1, -0.05) is 11.3 Å². The topological polar surface area (TPSA) is 75.1 Å². The first-order valence-electron chi connectivity index (χ1n) is 5.21. The molecule has 0 aliphatic carbocycles. The Balaban J connectivity index is 1.78. The SMILES string of the molecule is c1cncc(-c2nnc(NC3=NCCN3)s2)c1. The molecule has 1 aliphatic heterocycles. The lowest BCUT2D eigenvalue weighted by Gasteiger charge is -1.99. The third kappa shape index (κ3) is 2.23. The van der Waals surface area contributed by atoms with Crippen LogP contribution in [0.5, 0.6) is 0 Å². The molecule has 7 heteroatoms. The van der Waals surface area contributed by atoms with Crippen molar-refractivity contribution in [2.45, 2.75) is 0 Å². The normalized spacial score (nSPS) is 14.2. The summed E-state index contributed by atoms with van der Waals surface area (Å²) in [6, 6.07) is 3.84. The summed E-state index contributed by atoms with van der Waals surface area (Å²) in [6.07, 6.45) is 3.51. The van der Waals surface area contributed by atoms with E-state index in [1.807, 2.05) is 12.1 Å². The van der Waals surface area contributed by atoms with Crippen molar-refractivity contribution < 1.29 is 0 Å². The monoisotopic (exact) mass is 246 g/mol. The molecule has 2 aromatic rings. The van der Waals surface area contributed by atoms with E-state index in [0.29, 0.717) is 0 Å². The van der Waals surface area contributed by atoms with Crippen molar-refractivity contribution >= 4 is 22.4 Å². The summed E-state index contributed by atoms with van der Waals surface area (Å²) in [4.78, 5) is 8.29. The van der Waals surface area contributed by atoms with Crippen molar-refractivity contribution in [1.82, 2.24) is 20.5 Å². The Bertz CT molecular complexity index is 535. The highest BCUT2D eigenvalue weighted by Crippen LogP contribution is 2.25. The molecule has 86 valence electrons. The van der Waals surface area contributed by atoms with Crippen molar-refractivity contribution in [3.63, 3.8) is 0 Å². The van der Waals surface area contributed by atoms with E-state index in [1.54, 1.807) is 12.4 Å². The molecule has 3 heterocycles. The third-order valence-electron chi connectivity index (χ3n) is 2.23. The standard InChI is InChI=1S/C10H10N6S/c1-2-7(6-11-3-1)8-15-16-10(17-8)14-9-12-4-5-13-9/h1-3,6H,4-5H2,(H2,12,13,14,16). The summed E-state index contributed by atoms with van der Waals surface area (Å²) in [7, 11) is 0. The molecular weight excluding hydrogens is 236 g/mol. The fourth-order valence-corrected chi connectivity index (χ4v) is 2.20. The van der Waals surface area contributed by atoms with E-state index < -0.39 is 0 Å². The minimum atomic E-state index is 0.733. The van der Waals surface area contributed by atoms with Gasteiger partial charge in [0.05, 0.1) is 6.54 Å². The van der Waals surface area contributed by atoms with Gasteiger partial charge in [-0.15, -0.1) is 10.2 Å². The Kier molecular flexibility index (Phi) is 2.66. The van der Waals surface area contributed by atoms with Crippen LogP contribution in [0.25, 0.3) is 10.6 Å². The first-order chi connectivity index (χ1) is 8.42. The lowest BCUT2D eigenvalue weighted by molar-refractivity contribution is 0.958. The first-order valence-corrected chi connectivity index (χ1v) is 6.03. The Morgan fingerprint density at radius 1 is 1.35 bits per heavy atom. The largest absolute Gasteiger partial charge is 0.354 e. The van der Waals surface area contributed by atoms with Gasteiger partial charge in [0, 0.05) is 24.5 Å². The summed E-state index contributed by atoms with van der Waals surface area (Å²) in [6.45, 7) is 1.67. The number of hydrogen-bond donors (Lipinski definition) is 2. The molecule has 0 fully saturated rings. The quantitative estimate of drug-likeness (QED) is 0.826. The fraction of sp³-hybridized carbons (Fsp3) is 0.200. The van der Waals surface area contributed by atoms with Crippen LogP contribution >= 0.6 is 11.3 Å². The first kappa shape index (κ1) is 10.2. The smallest absolute Gasteiger partial charge is 0.212 e. The van der Waals surface area contributed by atoms with Crippen LogP contribution in [0.2, 0.25) is 0 Å². The summed E-state index contributed by atoms with van der Waals surface area (Å²) in [5.41, 5.74) is 0.972. The number of aliphatic imine (C=N–C) groups is 1. The fourth-order valence-electron chi connectivity index (χ4n) is 1.46. The highest BCUT2D eigenvalue weighted by molar-refractivity contribution is 7.18. The molecule has 0 spiro atoms. The van der Waals surface area contributed by atoms with Gasteiger partial charge in [0.15, 0.2) is 11.0 Å². The average molecular weight is 246 g/mol. The molecule has 0 unspecified atom stereocenters. The molecule has 0 atom stereocenters. The van der Waals surface area contributed by atoms with Crippen LogP contribution in [0.3, 0.4) is 0 Å². The molecule has 0 amide bonds. The Morgan fingerprint density at radius 2 is 2.35 bits per heavy atom. The zero-order chi connectivity index (χ0) is 11.5. The molecule has 0 saturated carbocycles. The van der Waals surface area contributed by atoms with Gasteiger partial charge in [-0.05, 0) is 12.1 Å². The molecule has 17 heavy (non-hydrogen) atoms. The van der Waals surface area contributed by atoms with Gasteiger partial charge in [-0.25, -0.2) is 0 Å². The number of guanidine groups is 1. The van der Waals surface area contributed by atoms with Crippen molar-refractivity contribution in [2.24, 2.45) is 4.99 Å². The van der Waals surface area contributed by atoms with Gasteiger partial charge in [0.1, 0.15) is 0 Å². The maximum absolute atomic E-state index is 4.23. The van der Waals surface area contributed by atoms with Crippen LogP contribution in [0, 0.1) is 0 Å². The molecule has 0 saturated heterocycles. The minimum absolute atomic E-state index is 0.733. The Morgan fingerprint density at radius 3 is 3.12 bits per heavy atom. The highest BCUT2D eigenvalue weighted by Gasteiger charge is 2.10. The summed E-state index contributed by atoms with van der Waals surface area (Å²) >= 11 is 1.48. The molecule has 6 nitrogen and oxygen atoms in total. The molecule has 0 aromatic carbocycles. The number of aromatic nitrogens is 3. The van der Waals surface area contributed by atoms with Gasteiger partial charge in [0.25, 0.3) is 0 Å². The van der Waals surface area contributed by atoms with E-state index in [2.05, 4.69) is 30.8 Å². The number of pyridine rings is 1. The maximum atomic E-state index is 4.23.